The van der Waals surface area contributed by atoms with Gasteiger partial charge in [-0.15, -0.1) is 0 Å². The summed E-state index contributed by atoms with van der Waals surface area (Å²) in [6, 6.07) is 10.9. The Bertz CT molecular complexity index is 931. The van der Waals surface area contributed by atoms with Gasteiger partial charge in [-0.25, -0.2) is 0 Å². The maximum atomic E-state index is 13.0. The van der Waals surface area contributed by atoms with Crippen molar-refractivity contribution in [3.05, 3.63) is 71.1 Å². The highest BCUT2D eigenvalue weighted by Crippen LogP contribution is 2.33. The van der Waals surface area contributed by atoms with E-state index in [0.29, 0.717) is 11.1 Å². The molecule has 0 amide bonds. The van der Waals surface area contributed by atoms with E-state index in [0.717, 1.165) is 29.2 Å². The number of aromatic nitrogens is 2. The van der Waals surface area contributed by atoms with Crippen molar-refractivity contribution >= 4 is 11.9 Å². The van der Waals surface area contributed by atoms with Gasteiger partial charge in [-0.2, -0.15) is 0 Å². The molecule has 1 aromatic carbocycles. The molecule has 0 aliphatic carbocycles. The third-order valence-electron chi connectivity index (χ3n) is 4.20. The van der Waals surface area contributed by atoms with Crippen LogP contribution in [0.1, 0.15) is 27.2 Å². The lowest BCUT2D eigenvalue weighted by molar-refractivity contribution is 0.103. The van der Waals surface area contributed by atoms with E-state index in [-0.39, 0.29) is 11.5 Å². The van der Waals surface area contributed by atoms with Crippen molar-refractivity contribution in [3.8, 4) is 17.1 Å². The second kappa shape index (κ2) is 5.02. The van der Waals surface area contributed by atoms with Crippen molar-refractivity contribution in [2.75, 3.05) is 0 Å². The highest BCUT2D eigenvalue weighted by Gasteiger charge is 2.25. The van der Waals surface area contributed by atoms with Gasteiger partial charge in [0.1, 0.15) is 5.75 Å². The Labute approximate surface area is 133 Å². The summed E-state index contributed by atoms with van der Waals surface area (Å²) in [7, 11) is 0. The Morgan fingerprint density at radius 2 is 2.09 bits per heavy atom. The predicted molar refractivity (Wildman–Crippen MR) is 89.5 cm³/mol. The van der Waals surface area contributed by atoms with Gasteiger partial charge in [0.25, 0.3) is 0 Å². The highest BCUT2D eigenvalue weighted by atomic mass is 16.3. The molecule has 1 aliphatic heterocycles. The summed E-state index contributed by atoms with van der Waals surface area (Å²) >= 11 is 0. The number of aromatic hydroxyl groups is 1. The second-order valence-corrected chi connectivity index (χ2v) is 5.78. The number of benzene rings is 1. The molecule has 0 saturated carbocycles. The zero-order chi connectivity index (χ0) is 16.0. The van der Waals surface area contributed by atoms with E-state index in [1.54, 1.807) is 18.2 Å². The SMILES string of the molecule is Cc1ccc(O)c(C(=O)c2cc3n(c2-c2ccc[nH]2)CC=C3)c1. The molecule has 4 rings (SSSR count). The van der Waals surface area contributed by atoms with Crippen LogP contribution in [0.5, 0.6) is 5.75 Å². The van der Waals surface area contributed by atoms with E-state index in [2.05, 4.69) is 15.6 Å². The van der Waals surface area contributed by atoms with Crippen molar-refractivity contribution in [3.63, 3.8) is 0 Å². The lowest BCUT2D eigenvalue weighted by atomic mass is 9.99. The molecule has 3 heterocycles. The summed E-state index contributed by atoms with van der Waals surface area (Å²) in [6.45, 7) is 2.65. The van der Waals surface area contributed by atoms with E-state index in [9.17, 15) is 9.90 Å². The fourth-order valence-electron chi connectivity index (χ4n) is 3.10. The van der Waals surface area contributed by atoms with Crippen LogP contribution in [0.3, 0.4) is 0 Å². The highest BCUT2D eigenvalue weighted by molar-refractivity contribution is 6.14. The van der Waals surface area contributed by atoms with E-state index in [1.807, 2.05) is 37.4 Å². The Hall–Kier alpha value is -3.01. The smallest absolute Gasteiger partial charge is 0.199 e. The van der Waals surface area contributed by atoms with Gasteiger partial charge in [-0.05, 0) is 43.3 Å². The number of ketones is 1. The first-order valence-corrected chi connectivity index (χ1v) is 7.53. The summed E-state index contributed by atoms with van der Waals surface area (Å²) in [5, 5.41) is 10.1. The molecule has 0 fully saturated rings. The Morgan fingerprint density at radius 3 is 2.87 bits per heavy atom. The van der Waals surface area contributed by atoms with Gasteiger partial charge in [0, 0.05) is 18.4 Å². The van der Waals surface area contributed by atoms with Crippen LogP contribution >= 0.6 is 0 Å². The number of nitrogens with zero attached hydrogens (tertiary/aromatic N) is 1. The van der Waals surface area contributed by atoms with Crippen LogP contribution < -0.4 is 0 Å². The van der Waals surface area contributed by atoms with Gasteiger partial charge in [0.05, 0.1) is 22.5 Å². The summed E-state index contributed by atoms with van der Waals surface area (Å²) in [4.78, 5) is 16.2. The van der Waals surface area contributed by atoms with Gasteiger partial charge in [-0.3, -0.25) is 4.79 Å². The quantitative estimate of drug-likeness (QED) is 0.724. The number of allylic oxidation sites excluding steroid dienone is 1. The predicted octanol–water partition coefficient (Wildman–Crippen LogP) is 3.76. The van der Waals surface area contributed by atoms with E-state index in [1.165, 1.54) is 0 Å². The van der Waals surface area contributed by atoms with Gasteiger partial charge in [-0.1, -0.05) is 17.7 Å². The number of hydrogen-bond acceptors (Lipinski definition) is 2. The van der Waals surface area contributed by atoms with Crippen molar-refractivity contribution in [1.29, 1.82) is 0 Å². The van der Waals surface area contributed by atoms with Crippen molar-refractivity contribution in [1.82, 2.24) is 9.55 Å². The number of carbonyl (C=O) groups excluding carboxylic acids is 1. The molecule has 0 spiro atoms. The largest absolute Gasteiger partial charge is 0.507 e. The van der Waals surface area contributed by atoms with Crippen molar-refractivity contribution in [2.45, 2.75) is 13.5 Å². The molecule has 114 valence electrons. The number of hydrogen-bond donors (Lipinski definition) is 2. The number of H-pyrrole nitrogens is 1. The van der Waals surface area contributed by atoms with Gasteiger partial charge in [0.2, 0.25) is 0 Å². The molecule has 23 heavy (non-hydrogen) atoms. The molecule has 1 aliphatic rings. The number of aryl methyl sites for hydroxylation is 1. The molecule has 0 unspecified atom stereocenters. The number of rotatable bonds is 3. The van der Waals surface area contributed by atoms with Gasteiger partial charge in [0.15, 0.2) is 5.78 Å². The maximum Gasteiger partial charge on any atom is 0.199 e. The minimum atomic E-state index is -0.161. The molecule has 4 heteroatoms. The molecule has 4 nitrogen and oxygen atoms in total. The fraction of sp³-hybridized carbons (Fsp3) is 0.105. The lowest BCUT2D eigenvalue weighted by Gasteiger charge is -2.09. The van der Waals surface area contributed by atoms with E-state index >= 15 is 0 Å². The average Bonchev–Trinajstić information content (AvgIpc) is 3.24. The first-order valence-electron chi connectivity index (χ1n) is 7.53. The molecule has 2 aromatic heterocycles. The second-order valence-electron chi connectivity index (χ2n) is 5.78. The molecule has 0 radical (unpaired) electrons. The number of phenolic OH excluding ortho intramolecular Hbond substituents is 1. The lowest BCUT2D eigenvalue weighted by Crippen LogP contribution is -2.05. The number of aromatic amines is 1. The summed E-state index contributed by atoms with van der Waals surface area (Å²) in [6.07, 6.45) is 5.93. The topological polar surface area (TPSA) is 58.0 Å². The fourth-order valence-corrected chi connectivity index (χ4v) is 3.10. The molecule has 0 bridgehead atoms. The molecule has 0 saturated heterocycles. The third-order valence-corrected chi connectivity index (χ3v) is 4.20. The number of phenols is 1. The number of fused-ring (bicyclic) bond motifs is 1. The van der Waals surface area contributed by atoms with Gasteiger partial charge < -0.3 is 14.7 Å². The first-order chi connectivity index (χ1) is 11.1. The van der Waals surface area contributed by atoms with Crippen LogP contribution in [0.15, 0.2) is 48.7 Å². The summed E-state index contributed by atoms with van der Waals surface area (Å²) in [5.41, 5.74) is 4.65. The van der Waals surface area contributed by atoms with E-state index < -0.39 is 0 Å². The zero-order valence-electron chi connectivity index (χ0n) is 12.7. The summed E-state index contributed by atoms with van der Waals surface area (Å²) in [5.74, 6) is -0.147. The van der Waals surface area contributed by atoms with Crippen molar-refractivity contribution in [2.24, 2.45) is 0 Å². The minimum Gasteiger partial charge on any atom is -0.507 e. The van der Waals surface area contributed by atoms with Crippen LogP contribution in [0.4, 0.5) is 0 Å². The Morgan fingerprint density at radius 1 is 1.22 bits per heavy atom. The molecular weight excluding hydrogens is 288 g/mol. The minimum absolute atomic E-state index is 0.0138. The molecular formula is C19H16N2O2. The average molecular weight is 304 g/mol. The van der Waals surface area contributed by atoms with Crippen LogP contribution in [0, 0.1) is 6.92 Å². The van der Waals surface area contributed by atoms with Crippen LogP contribution in [-0.2, 0) is 6.54 Å². The molecule has 3 aromatic rings. The standard InChI is InChI=1S/C19H16N2O2/c1-12-6-7-17(22)14(10-12)19(23)15-11-13-4-3-9-21(13)18(15)16-5-2-8-20-16/h2-8,10-11,20,22H,9H2,1H3. The normalized spacial score (nSPS) is 12.6. The number of nitrogens with one attached hydrogen (secondary N) is 1. The third kappa shape index (κ3) is 2.11. The van der Waals surface area contributed by atoms with Gasteiger partial charge >= 0.3 is 0 Å². The van der Waals surface area contributed by atoms with Crippen LogP contribution in [0.25, 0.3) is 17.5 Å². The zero-order valence-corrected chi connectivity index (χ0v) is 12.7. The molecule has 2 N–H and O–H groups in total. The first kappa shape index (κ1) is 13.6. The number of carbonyl (C=O) groups is 1. The van der Waals surface area contributed by atoms with Crippen molar-refractivity contribution < 1.29 is 9.90 Å². The molecule has 0 atom stereocenters. The Kier molecular flexibility index (Phi) is 2.98. The summed E-state index contributed by atoms with van der Waals surface area (Å²) < 4.78 is 2.10. The van der Waals surface area contributed by atoms with Crippen LogP contribution in [-0.4, -0.2) is 20.4 Å². The monoisotopic (exact) mass is 304 g/mol. The van der Waals surface area contributed by atoms with Crippen LogP contribution in [0.2, 0.25) is 0 Å². The van der Waals surface area contributed by atoms with E-state index in [4.69, 9.17) is 0 Å². The Balaban J connectivity index is 1.91. The maximum absolute atomic E-state index is 13.0.